The van der Waals surface area contributed by atoms with Crippen molar-refractivity contribution in [2.24, 2.45) is 11.8 Å². The van der Waals surface area contributed by atoms with Crippen molar-refractivity contribution in [2.45, 2.75) is 69.4 Å². The van der Waals surface area contributed by atoms with Gasteiger partial charge in [0.2, 0.25) is 17.7 Å². The van der Waals surface area contributed by atoms with Crippen LogP contribution in [0.4, 0.5) is 5.69 Å². The van der Waals surface area contributed by atoms with Gasteiger partial charge in [-0.15, -0.1) is 0 Å². The van der Waals surface area contributed by atoms with Crippen molar-refractivity contribution in [3.8, 4) is 0 Å². The zero-order valence-corrected chi connectivity index (χ0v) is 22.1. The van der Waals surface area contributed by atoms with E-state index in [1.54, 1.807) is 11.0 Å². The highest BCUT2D eigenvalue weighted by molar-refractivity contribution is 6.31. The van der Waals surface area contributed by atoms with Crippen molar-refractivity contribution < 1.29 is 19.1 Å². The third-order valence-corrected chi connectivity index (χ3v) is 8.86. The minimum atomic E-state index is -1.20. The summed E-state index contributed by atoms with van der Waals surface area (Å²) in [5.74, 6) is -2.31. The normalized spacial score (nSPS) is 29.9. The lowest BCUT2D eigenvalue weighted by Gasteiger charge is -2.34. The molecule has 3 fully saturated rings. The van der Waals surface area contributed by atoms with Gasteiger partial charge in [-0.2, -0.15) is 0 Å². The Kier molecular flexibility index (Phi) is 6.52. The Morgan fingerprint density at radius 3 is 2.53 bits per heavy atom. The molecule has 38 heavy (non-hydrogen) atoms. The molecular weight excluding hydrogens is 502 g/mol. The highest BCUT2D eigenvalue weighted by atomic mass is 35.5. The van der Waals surface area contributed by atoms with E-state index in [4.69, 9.17) is 16.3 Å². The summed E-state index contributed by atoms with van der Waals surface area (Å²) in [6.07, 6.45) is 8.28. The number of likely N-dealkylation sites (tertiary alicyclic amines) is 1. The summed E-state index contributed by atoms with van der Waals surface area (Å²) in [6, 6.07) is 14.0. The van der Waals surface area contributed by atoms with Gasteiger partial charge in [-0.25, -0.2) is 0 Å². The molecule has 2 aromatic carbocycles. The van der Waals surface area contributed by atoms with Crippen molar-refractivity contribution in [1.82, 2.24) is 10.2 Å². The highest BCUT2D eigenvalue weighted by Gasteiger charge is 2.72. The molecule has 1 aliphatic carbocycles. The molecule has 4 aliphatic rings. The smallest absolute Gasteiger partial charge is 0.246 e. The lowest BCUT2D eigenvalue weighted by molar-refractivity contribution is -0.142. The van der Waals surface area contributed by atoms with Crippen LogP contribution in [0.5, 0.6) is 0 Å². The van der Waals surface area contributed by atoms with Crippen LogP contribution in [-0.2, 0) is 25.7 Å². The first kappa shape index (κ1) is 25.1. The molecule has 8 heteroatoms. The Bertz CT molecular complexity index is 1290. The Morgan fingerprint density at radius 1 is 1.05 bits per heavy atom. The van der Waals surface area contributed by atoms with Crippen LogP contribution in [-0.4, -0.2) is 46.4 Å². The molecule has 6 rings (SSSR count). The Labute approximate surface area is 227 Å². The van der Waals surface area contributed by atoms with Gasteiger partial charge in [0.05, 0.1) is 17.9 Å². The molecule has 5 atom stereocenters. The van der Waals surface area contributed by atoms with E-state index in [0.717, 1.165) is 36.8 Å². The molecule has 0 aromatic heterocycles. The van der Waals surface area contributed by atoms with Crippen LogP contribution < -0.4 is 10.6 Å². The van der Waals surface area contributed by atoms with Gasteiger partial charge in [0.1, 0.15) is 11.6 Å². The number of carbonyl (C=O) groups is 3. The number of nitrogens with one attached hydrogen (secondary N) is 2. The van der Waals surface area contributed by atoms with Crippen LogP contribution >= 0.6 is 11.6 Å². The van der Waals surface area contributed by atoms with Gasteiger partial charge in [-0.05, 0) is 43.5 Å². The van der Waals surface area contributed by atoms with Gasteiger partial charge >= 0.3 is 0 Å². The Balaban J connectivity index is 1.33. The molecule has 0 radical (unpaired) electrons. The van der Waals surface area contributed by atoms with Gasteiger partial charge in [0, 0.05) is 23.3 Å². The second kappa shape index (κ2) is 9.86. The number of ether oxygens (including phenoxy) is 1. The number of aryl methyl sites for hydroxylation is 1. The first-order valence-corrected chi connectivity index (χ1v) is 13.8. The number of hydrogen-bond donors (Lipinski definition) is 2. The zero-order valence-electron chi connectivity index (χ0n) is 21.4. The maximum atomic E-state index is 14.1. The highest BCUT2D eigenvalue weighted by Crippen LogP contribution is 2.55. The third kappa shape index (κ3) is 4.22. The summed E-state index contributed by atoms with van der Waals surface area (Å²) < 4.78 is 6.44. The number of fused-ring (bicyclic) bond motifs is 1. The van der Waals surface area contributed by atoms with Crippen LogP contribution in [0.2, 0.25) is 5.02 Å². The molecule has 2 bridgehead atoms. The van der Waals surface area contributed by atoms with E-state index in [0.29, 0.717) is 10.7 Å². The molecular formula is C30H32ClN3O4. The Hall–Kier alpha value is -3.16. The lowest BCUT2D eigenvalue weighted by atomic mass is 9.74. The number of carbonyl (C=O) groups excluding carboxylic acids is 3. The quantitative estimate of drug-likeness (QED) is 0.539. The predicted molar refractivity (Wildman–Crippen MR) is 144 cm³/mol. The van der Waals surface area contributed by atoms with E-state index in [1.165, 1.54) is 6.42 Å². The van der Waals surface area contributed by atoms with Gasteiger partial charge in [-0.1, -0.05) is 78.9 Å². The van der Waals surface area contributed by atoms with Crippen molar-refractivity contribution in [3.63, 3.8) is 0 Å². The topological polar surface area (TPSA) is 87.7 Å². The van der Waals surface area contributed by atoms with E-state index in [1.807, 2.05) is 61.5 Å². The van der Waals surface area contributed by atoms with Crippen LogP contribution in [0.3, 0.4) is 0 Å². The van der Waals surface area contributed by atoms with Crippen LogP contribution in [0.25, 0.3) is 0 Å². The number of nitrogens with zero attached hydrogens (tertiary/aromatic N) is 1. The molecule has 7 nitrogen and oxygen atoms in total. The minimum absolute atomic E-state index is 0.0761. The molecule has 1 saturated carbocycles. The van der Waals surface area contributed by atoms with Crippen molar-refractivity contribution in [2.75, 3.05) is 5.32 Å². The van der Waals surface area contributed by atoms with Gasteiger partial charge in [0.25, 0.3) is 0 Å². The molecule has 0 unspecified atom stereocenters. The van der Waals surface area contributed by atoms with Crippen LogP contribution in [0, 0.1) is 18.8 Å². The predicted octanol–water partition coefficient (Wildman–Crippen LogP) is 4.39. The number of rotatable bonds is 6. The fraction of sp³-hybridized carbons (Fsp3) is 0.433. The van der Waals surface area contributed by atoms with Gasteiger partial charge in [-0.3, -0.25) is 14.4 Å². The van der Waals surface area contributed by atoms with Crippen LogP contribution in [0.1, 0.15) is 43.2 Å². The Morgan fingerprint density at radius 2 is 1.79 bits per heavy atom. The molecule has 2 aromatic rings. The van der Waals surface area contributed by atoms with Crippen molar-refractivity contribution >= 4 is 35.0 Å². The summed E-state index contributed by atoms with van der Waals surface area (Å²) in [7, 11) is 0. The molecule has 3 heterocycles. The summed E-state index contributed by atoms with van der Waals surface area (Å²) in [5.41, 5.74) is 1.29. The SMILES string of the molecule is Cc1ccc(NC(=O)[C@H]2[C@H]3C=C[C@@]4(O3)[C@H]2C(=O)N(Cc2ccccc2Cl)[C@@H]4C(=O)NC2CCCCC2)cc1. The van der Waals surface area contributed by atoms with E-state index < -0.39 is 29.6 Å². The number of anilines is 1. The second-order valence-electron chi connectivity index (χ2n) is 11.0. The lowest BCUT2D eigenvalue weighted by Crippen LogP contribution is -2.56. The molecule has 1 spiro atoms. The molecule has 2 saturated heterocycles. The first-order valence-electron chi connectivity index (χ1n) is 13.5. The van der Waals surface area contributed by atoms with Crippen LogP contribution in [0.15, 0.2) is 60.7 Å². The maximum absolute atomic E-state index is 14.1. The fourth-order valence-electron chi connectivity index (χ4n) is 6.64. The van der Waals surface area contributed by atoms with E-state index >= 15 is 0 Å². The monoisotopic (exact) mass is 533 g/mol. The summed E-state index contributed by atoms with van der Waals surface area (Å²) in [4.78, 5) is 43.2. The first-order chi connectivity index (χ1) is 18.4. The number of benzene rings is 2. The van der Waals surface area contributed by atoms with E-state index in [9.17, 15) is 14.4 Å². The van der Waals surface area contributed by atoms with Crippen molar-refractivity contribution in [3.05, 3.63) is 76.8 Å². The molecule has 3 aliphatic heterocycles. The third-order valence-electron chi connectivity index (χ3n) is 8.49. The van der Waals surface area contributed by atoms with E-state index in [2.05, 4.69) is 10.6 Å². The zero-order chi connectivity index (χ0) is 26.4. The molecule has 2 N–H and O–H groups in total. The standard InChI is InChI=1S/C30H32ClN3O4/c1-18-11-13-21(14-12-18)32-27(35)24-23-15-16-30(38-23)25(24)29(37)34(17-19-7-5-6-10-22(19)31)26(30)28(36)33-20-8-3-2-4-9-20/h5-7,10-16,20,23-26H,2-4,8-9,17H2,1H3,(H,32,35)(H,33,36)/t23-,24+,25-,26-,30-/m1/s1. The number of halogens is 1. The van der Waals surface area contributed by atoms with E-state index in [-0.39, 0.29) is 30.3 Å². The minimum Gasteiger partial charge on any atom is -0.359 e. The number of hydrogen-bond acceptors (Lipinski definition) is 4. The van der Waals surface area contributed by atoms with Gasteiger partial charge < -0.3 is 20.3 Å². The summed E-state index contributed by atoms with van der Waals surface area (Å²) >= 11 is 6.46. The molecule has 3 amide bonds. The van der Waals surface area contributed by atoms with Gasteiger partial charge in [0.15, 0.2) is 0 Å². The average Bonchev–Trinajstić information content (AvgIpc) is 3.55. The molecule has 198 valence electrons. The van der Waals surface area contributed by atoms with Crippen molar-refractivity contribution in [1.29, 1.82) is 0 Å². The fourth-order valence-corrected chi connectivity index (χ4v) is 6.83. The maximum Gasteiger partial charge on any atom is 0.246 e. The largest absolute Gasteiger partial charge is 0.359 e. The average molecular weight is 534 g/mol. The number of amides is 3. The second-order valence-corrected chi connectivity index (χ2v) is 11.4. The summed E-state index contributed by atoms with van der Waals surface area (Å²) in [5, 5.41) is 6.70. The summed E-state index contributed by atoms with van der Waals surface area (Å²) in [6.45, 7) is 2.14.